The Hall–Kier alpha value is -2.95. The fraction of sp³-hybridized carbons (Fsp3) is 0.348. The van der Waals surface area contributed by atoms with Crippen molar-refractivity contribution in [1.82, 2.24) is 5.32 Å². The number of amides is 3. The first-order chi connectivity index (χ1) is 13.3. The van der Waals surface area contributed by atoms with E-state index in [1.54, 1.807) is 23.1 Å². The van der Waals surface area contributed by atoms with Gasteiger partial charge in [-0.1, -0.05) is 52.0 Å². The number of carbonyl (C=O) groups is 3. The van der Waals surface area contributed by atoms with Gasteiger partial charge in [0.1, 0.15) is 0 Å². The lowest BCUT2D eigenvalue weighted by Gasteiger charge is -2.29. The fourth-order valence-electron chi connectivity index (χ4n) is 3.77. The van der Waals surface area contributed by atoms with E-state index in [4.69, 9.17) is 0 Å². The van der Waals surface area contributed by atoms with Crippen molar-refractivity contribution in [2.45, 2.75) is 46.5 Å². The molecule has 0 unspecified atom stereocenters. The lowest BCUT2D eigenvalue weighted by molar-refractivity contribution is 0.0874. The average molecular weight is 378 g/mol. The van der Waals surface area contributed by atoms with Gasteiger partial charge in [-0.25, -0.2) is 0 Å². The minimum Gasteiger partial charge on any atom is -0.308 e. The molecule has 0 aliphatic carbocycles. The molecule has 5 nitrogen and oxygen atoms in total. The maximum Gasteiger partial charge on any atom is 0.259 e. The molecule has 3 amide bonds. The van der Waals surface area contributed by atoms with Gasteiger partial charge < -0.3 is 4.90 Å². The van der Waals surface area contributed by atoms with Gasteiger partial charge in [0.2, 0.25) is 0 Å². The molecule has 1 N–H and O–H groups in total. The molecule has 5 heteroatoms. The molecule has 2 aromatic rings. The molecule has 1 aliphatic heterocycles. The highest BCUT2D eigenvalue weighted by Gasteiger charge is 2.33. The second-order valence-corrected chi connectivity index (χ2v) is 7.66. The third-order valence-electron chi connectivity index (χ3n) is 5.17. The Balaban J connectivity index is 2.19. The summed E-state index contributed by atoms with van der Waals surface area (Å²) in [6.07, 6.45) is 0. The average Bonchev–Trinajstić information content (AvgIpc) is 2.96. The zero-order valence-corrected chi connectivity index (χ0v) is 17.0. The maximum absolute atomic E-state index is 13.6. The van der Waals surface area contributed by atoms with Gasteiger partial charge in [0.15, 0.2) is 0 Å². The van der Waals surface area contributed by atoms with Crippen LogP contribution in [0.2, 0.25) is 0 Å². The molecule has 0 fully saturated rings. The Morgan fingerprint density at radius 3 is 2.04 bits per heavy atom. The number of nitrogens with one attached hydrogen (secondary N) is 1. The van der Waals surface area contributed by atoms with Gasteiger partial charge in [-0.05, 0) is 42.0 Å². The number of para-hydroxylation sites is 1. The van der Waals surface area contributed by atoms with Crippen LogP contribution >= 0.6 is 0 Å². The highest BCUT2D eigenvalue weighted by molar-refractivity contribution is 6.26. The van der Waals surface area contributed by atoms with E-state index in [0.29, 0.717) is 6.54 Å². The van der Waals surface area contributed by atoms with Gasteiger partial charge in [0.05, 0.1) is 22.4 Å². The van der Waals surface area contributed by atoms with Gasteiger partial charge in [-0.15, -0.1) is 0 Å². The van der Waals surface area contributed by atoms with Crippen molar-refractivity contribution in [3.63, 3.8) is 0 Å². The molecule has 0 saturated carbocycles. The Labute approximate surface area is 165 Å². The molecule has 1 heterocycles. The van der Waals surface area contributed by atoms with E-state index in [2.05, 4.69) is 33.0 Å². The Bertz CT molecular complexity index is 934. The Morgan fingerprint density at radius 1 is 0.929 bits per heavy atom. The second kappa shape index (κ2) is 7.58. The molecular weight excluding hydrogens is 352 g/mol. The fourth-order valence-corrected chi connectivity index (χ4v) is 3.77. The van der Waals surface area contributed by atoms with E-state index < -0.39 is 11.8 Å². The van der Waals surface area contributed by atoms with E-state index in [9.17, 15) is 14.4 Å². The number of imide groups is 1. The molecule has 146 valence electrons. The number of nitrogens with zero attached hydrogens (tertiary/aromatic N) is 1. The quantitative estimate of drug-likeness (QED) is 0.780. The number of benzene rings is 2. The zero-order valence-electron chi connectivity index (χ0n) is 17.0. The van der Waals surface area contributed by atoms with Crippen LogP contribution in [0, 0.1) is 0 Å². The molecule has 0 saturated heterocycles. The lowest BCUT2D eigenvalue weighted by atomic mass is 9.91. The predicted molar refractivity (Wildman–Crippen MR) is 110 cm³/mol. The molecule has 1 aliphatic rings. The van der Waals surface area contributed by atoms with E-state index in [-0.39, 0.29) is 34.4 Å². The highest BCUT2D eigenvalue weighted by atomic mass is 16.2. The summed E-state index contributed by atoms with van der Waals surface area (Å²) >= 11 is 0. The molecule has 28 heavy (non-hydrogen) atoms. The number of hydrogen-bond acceptors (Lipinski definition) is 3. The van der Waals surface area contributed by atoms with Crippen LogP contribution in [-0.2, 0) is 0 Å². The smallest absolute Gasteiger partial charge is 0.259 e. The van der Waals surface area contributed by atoms with Crippen molar-refractivity contribution in [2.75, 3.05) is 11.4 Å². The highest BCUT2D eigenvalue weighted by Crippen LogP contribution is 2.36. The van der Waals surface area contributed by atoms with Crippen molar-refractivity contribution < 1.29 is 14.4 Å². The molecule has 0 atom stereocenters. The van der Waals surface area contributed by atoms with Crippen molar-refractivity contribution in [2.24, 2.45) is 0 Å². The van der Waals surface area contributed by atoms with Gasteiger partial charge in [-0.2, -0.15) is 0 Å². The summed E-state index contributed by atoms with van der Waals surface area (Å²) in [4.78, 5) is 39.6. The van der Waals surface area contributed by atoms with Crippen molar-refractivity contribution in [3.8, 4) is 0 Å². The third-order valence-corrected chi connectivity index (χ3v) is 5.17. The van der Waals surface area contributed by atoms with E-state index >= 15 is 0 Å². The largest absolute Gasteiger partial charge is 0.308 e. The summed E-state index contributed by atoms with van der Waals surface area (Å²) in [5, 5.41) is 2.28. The summed E-state index contributed by atoms with van der Waals surface area (Å²) < 4.78 is 0. The van der Waals surface area contributed by atoms with Gasteiger partial charge in [-0.3, -0.25) is 19.7 Å². The Morgan fingerprint density at radius 2 is 1.50 bits per heavy atom. The Kier molecular flexibility index (Phi) is 5.36. The molecule has 0 aromatic heterocycles. The van der Waals surface area contributed by atoms with Gasteiger partial charge in [0.25, 0.3) is 17.7 Å². The van der Waals surface area contributed by atoms with Crippen LogP contribution in [0.25, 0.3) is 0 Å². The number of rotatable bonds is 5. The number of fused-ring (bicyclic) bond motifs is 1. The molecule has 3 rings (SSSR count). The topological polar surface area (TPSA) is 66.5 Å². The first kappa shape index (κ1) is 19.8. The molecule has 0 bridgehead atoms. The maximum atomic E-state index is 13.6. The number of anilines is 1. The van der Waals surface area contributed by atoms with Crippen LogP contribution in [-0.4, -0.2) is 24.3 Å². The second-order valence-electron chi connectivity index (χ2n) is 7.66. The van der Waals surface area contributed by atoms with Crippen LogP contribution in [0.5, 0.6) is 0 Å². The summed E-state index contributed by atoms with van der Waals surface area (Å²) in [6, 6.07) is 11.0. The van der Waals surface area contributed by atoms with Crippen LogP contribution < -0.4 is 10.2 Å². The van der Waals surface area contributed by atoms with Crippen LogP contribution in [0.15, 0.2) is 36.4 Å². The van der Waals surface area contributed by atoms with E-state index in [1.807, 2.05) is 25.1 Å². The molecule has 0 spiro atoms. The summed E-state index contributed by atoms with van der Waals surface area (Å²) in [7, 11) is 0. The van der Waals surface area contributed by atoms with Gasteiger partial charge >= 0.3 is 0 Å². The monoisotopic (exact) mass is 378 g/mol. The zero-order chi connectivity index (χ0) is 20.6. The molecular formula is C23H26N2O3. The van der Waals surface area contributed by atoms with Crippen molar-refractivity contribution >= 4 is 23.4 Å². The minimum atomic E-state index is -0.513. The minimum absolute atomic E-state index is 0.170. The normalized spacial score (nSPS) is 13.1. The predicted octanol–water partition coefficient (Wildman–Crippen LogP) is 4.48. The first-order valence-corrected chi connectivity index (χ1v) is 9.71. The molecule has 2 aromatic carbocycles. The summed E-state index contributed by atoms with van der Waals surface area (Å²) in [5.74, 6) is -0.757. The lowest BCUT2D eigenvalue weighted by Crippen LogP contribution is -2.34. The van der Waals surface area contributed by atoms with Crippen LogP contribution in [0.1, 0.15) is 88.7 Å². The standard InChI is InChI=1S/C23H26N2O3/c1-6-25(20-15(13(2)3)9-7-10-16(20)14(4)5)23(28)18-12-8-11-17-19(18)22(27)24-21(17)26/h7-14H,6H2,1-5H3,(H,24,26,27). The third kappa shape index (κ3) is 3.21. The van der Waals surface area contributed by atoms with E-state index in [0.717, 1.165) is 16.8 Å². The van der Waals surface area contributed by atoms with Crippen molar-refractivity contribution in [3.05, 3.63) is 64.2 Å². The van der Waals surface area contributed by atoms with Crippen LogP contribution in [0.4, 0.5) is 5.69 Å². The summed E-state index contributed by atoms with van der Waals surface area (Å²) in [5.41, 5.74) is 3.78. The van der Waals surface area contributed by atoms with Crippen LogP contribution in [0.3, 0.4) is 0 Å². The van der Waals surface area contributed by atoms with Crippen molar-refractivity contribution in [1.29, 1.82) is 0 Å². The number of hydrogen-bond donors (Lipinski definition) is 1. The van der Waals surface area contributed by atoms with Gasteiger partial charge in [0, 0.05) is 6.54 Å². The molecule has 0 radical (unpaired) electrons. The summed E-state index contributed by atoms with van der Waals surface area (Å²) in [6.45, 7) is 10.8. The van der Waals surface area contributed by atoms with E-state index in [1.165, 1.54) is 0 Å². The number of carbonyl (C=O) groups excluding carboxylic acids is 3. The SMILES string of the molecule is CCN(C(=O)c1cccc2c1C(=O)NC2=O)c1c(C(C)C)cccc1C(C)C. The first-order valence-electron chi connectivity index (χ1n) is 9.71.